The molecule has 3 aromatic rings. The second-order valence-corrected chi connectivity index (χ2v) is 4.56. The van der Waals surface area contributed by atoms with Gasteiger partial charge in [-0.3, -0.25) is 0 Å². The van der Waals surface area contributed by atoms with Crippen LogP contribution >= 0.6 is 11.6 Å². The minimum absolute atomic E-state index is 0.360. The van der Waals surface area contributed by atoms with E-state index in [1.54, 1.807) is 24.3 Å². The lowest BCUT2D eigenvalue weighted by Gasteiger charge is -2.05. The molecular formula is C15H8ClFO2. The summed E-state index contributed by atoms with van der Waals surface area (Å²) in [6.07, 6.45) is 0. The summed E-state index contributed by atoms with van der Waals surface area (Å²) in [6, 6.07) is 12.4. The van der Waals surface area contributed by atoms with Crippen molar-refractivity contribution < 1.29 is 8.81 Å². The Bertz CT molecular complexity index is 806. The molecule has 0 radical (unpaired) electrons. The first kappa shape index (κ1) is 11.9. The summed E-state index contributed by atoms with van der Waals surface area (Å²) in [5.41, 5.74) is 1.30. The molecular weight excluding hydrogens is 267 g/mol. The summed E-state index contributed by atoms with van der Waals surface area (Å²) in [7, 11) is 0. The lowest BCUT2D eigenvalue weighted by molar-refractivity contribution is 0.559. The zero-order chi connectivity index (χ0) is 13.4. The quantitative estimate of drug-likeness (QED) is 0.621. The largest absolute Gasteiger partial charge is 0.423 e. The van der Waals surface area contributed by atoms with Gasteiger partial charge >= 0.3 is 5.63 Å². The third kappa shape index (κ3) is 2.25. The topological polar surface area (TPSA) is 30.2 Å². The number of rotatable bonds is 1. The van der Waals surface area contributed by atoms with E-state index in [1.807, 2.05) is 0 Å². The number of benzene rings is 2. The summed E-state index contributed by atoms with van der Waals surface area (Å²) in [5, 5.41) is 1.16. The Balaban J connectivity index is 2.35. The maximum absolute atomic E-state index is 13.4. The molecule has 0 unspecified atom stereocenters. The van der Waals surface area contributed by atoms with Crippen molar-refractivity contribution >= 4 is 22.6 Å². The van der Waals surface area contributed by atoms with Crippen LogP contribution in [0.1, 0.15) is 0 Å². The molecule has 0 spiro atoms. The van der Waals surface area contributed by atoms with E-state index in [1.165, 1.54) is 24.3 Å². The van der Waals surface area contributed by atoms with E-state index in [2.05, 4.69) is 0 Å². The molecule has 0 fully saturated rings. The van der Waals surface area contributed by atoms with Gasteiger partial charge in [-0.2, -0.15) is 0 Å². The third-order valence-electron chi connectivity index (χ3n) is 2.86. The van der Waals surface area contributed by atoms with Crippen molar-refractivity contribution in [2.75, 3.05) is 0 Å². The van der Waals surface area contributed by atoms with Crippen LogP contribution < -0.4 is 5.63 Å². The smallest absolute Gasteiger partial charge is 0.336 e. The standard InChI is InChI=1S/C15H8ClFO2/c16-10-3-1-9(2-4-10)12-8-15(18)19-14-6-5-11(17)7-13(12)14/h1-8H. The molecule has 0 bridgehead atoms. The van der Waals surface area contributed by atoms with Crippen molar-refractivity contribution in [3.8, 4) is 11.1 Å². The highest BCUT2D eigenvalue weighted by Crippen LogP contribution is 2.28. The van der Waals surface area contributed by atoms with Gasteiger partial charge in [0.2, 0.25) is 0 Å². The number of halogens is 2. The first-order valence-corrected chi connectivity index (χ1v) is 6.01. The van der Waals surface area contributed by atoms with Gasteiger partial charge in [-0.1, -0.05) is 23.7 Å². The Kier molecular flexibility index (Phi) is 2.84. The summed E-state index contributed by atoms with van der Waals surface area (Å²) < 4.78 is 18.4. The Labute approximate surface area is 113 Å². The van der Waals surface area contributed by atoms with Crippen LogP contribution in [0.4, 0.5) is 4.39 Å². The molecule has 1 aromatic heterocycles. The predicted octanol–water partition coefficient (Wildman–Crippen LogP) is 4.25. The molecule has 0 aliphatic rings. The Morgan fingerprint density at radius 1 is 1.00 bits per heavy atom. The van der Waals surface area contributed by atoms with Gasteiger partial charge in [0, 0.05) is 16.5 Å². The van der Waals surface area contributed by atoms with Crippen LogP contribution in [0.5, 0.6) is 0 Å². The fourth-order valence-electron chi connectivity index (χ4n) is 2.00. The second-order valence-electron chi connectivity index (χ2n) is 4.13. The van der Waals surface area contributed by atoms with Crippen LogP contribution in [-0.2, 0) is 0 Å². The van der Waals surface area contributed by atoms with Crippen LogP contribution in [0.25, 0.3) is 22.1 Å². The second kappa shape index (κ2) is 4.52. The zero-order valence-corrected chi connectivity index (χ0v) is 10.4. The van der Waals surface area contributed by atoms with Gasteiger partial charge in [-0.15, -0.1) is 0 Å². The first-order valence-electron chi connectivity index (χ1n) is 5.63. The van der Waals surface area contributed by atoms with Crippen molar-refractivity contribution in [1.82, 2.24) is 0 Å². The minimum Gasteiger partial charge on any atom is -0.423 e. The Morgan fingerprint density at radius 3 is 2.47 bits per heavy atom. The highest BCUT2D eigenvalue weighted by atomic mass is 35.5. The van der Waals surface area contributed by atoms with Crippen LogP contribution in [0.2, 0.25) is 5.02 Å². The molecule has 0 saturated carbocycles. The average molecular weight is 275 g/mol. The first-order chi connectivity index (χ1) is 9.13. The van der Waals surface area contributed by atoms with Gasteiger partial charge < -0.3 is 4.42 Å². The van der Waals surface area contributed by atoms with Gasteiger partial charge in [0.05, 0.1) is 0 Å². The normalized spacial score (nSPS) is 10.8. The maximum atomic E-state index is 13.4. The van der Waals surface area contributed by atoms with E-state index in [9.17, 15) is 9.18 Å². The van der Waals surface area contributed by atoms with Gasteiger partial charge in [-0.05, 0) is 41.5 Å². The Hall–Kier alpha value is -2.13. The van der Waals surface area contributed by atoms with Crippen molar-refractivity contribution in [2.45, 2.75) is 0 Å². The maximum Gasteiger partial charge on any atom is 0.336 e. The van der Waals surface area contributed by atoms with Crippen molar-refractivity contribution in [3.05, 3.63) is 69.8 Å². The molecule has 2 aromatic carbocycles. The van der Waals surface area contributed by atoms with Crippen molar-refractivity contribution in [1.29, 1.82) is 0 Å². The molecule has 19 heavy (non-hydrogen) atoms. The van der Waals surface area contributed by atoms with Crippen LogP contribution in [0.15, 0.2) is 57.7 Å². The molecule has 0 aliphatic carbocycles. The van der Waals surface area contributed by atoms with E-state index >= 15 is 0 Å². The van der Waals surface area contributed by atoms with E-state index in [0.29, 0.717) is 21.6 Å². The summed E-state index contributed by atoms with van der Waals surface area (Å²) in [5.74, 6) is -0.378. The lowest BCUT2D eigenvalue weighted by atomic mass is 10.0. The fraction of sp³-hybridized carbons (Fsp3) is 0. The number of hydrogen-bond acceptors (Lipinski definition) is 2. The van der Waals surface area contributed by atoms with E-state index in [0.717, 1.165) is 5.56 Å². The number of hydrogen-bond donors (Lipinski definition) is 0. The predicted molar refractivity (Wildman–Crippen MR) is 72.9 cm³/mol. The molecule has 0 N–H and O–H groups in total. The van der Waals surface area contributed by atoms with Gasteiger partial charge in [0.25, 0.3) is 0 Å². The van der Waals surface area contributed by atoms with E-state index in [-0.39, 0.29) is 5.82 Å². The van der Waals surface area contributed by atoms with Crippen LogP contribution in [0.3, 0.4) is 0 Å². The SMILES string of the molecule is O=c1cc(-c2ccc(Cl)cc2)c2cc(F)ccc2o1. The van der Waals surface area contributed by atoms with Crippen LogP contribution in [0, 0.1) is 5.82 Å². The molecule has 1 heterocycles. The minimum atomic E-state index is -0.468. The van der Waals surface area contributed by atoms with Gasteiger partial charge in [0.15, 0.2) is 0 Å². The van der Waals surface area contributed by atoms with Crippen molar-refractivity contribution in [3.63, 3.8) is 0 Å². The Morgan fingerprint density at radius 2 is 1.74 bits per heavy atom. The summed E-state index contributed by atoms with van der Waals surface area (Å²) in [6.45, 7) is 0. The summed E-state index contributed by atoms with van der Waals surface area (Å²) in [4.78, 5) is 11.5. The molecule has 94 valence electrons. The molecule has 0 atom stereocenters. The molecule has 3 rings (SSSR count). The van der Waals surface area contributed by atoms with Gasteiger partial charge in [-0.25, -0.2) is 9.18 Å². The highest BCUT2D eigenvalue weighted by Gasteiger charge is 2.08. The molecule has 0 amide bonds. The average Bonchev–Trinajstić information content (AvgIpc) is 2.39. The van der Waals surface area contributed by atoms with Gasteiger partial charge in [0.1, 0.15) is 11.4 Å². The van der Waals surface area contributed by atoms with E-state index < -0.39 is 5.63 Å². The van der Waals surface area contributed by atoms with Crippen LogP contribution in [-0.4, -0.2) is 0 Å². The molecule has 0 saturated heterocycles. The molecule has 0 aliphatic heterocycles. The third-order valence-corrected chi connectivity index (χ3v) is 3.11. The zero-order valence-electron chi connectivity index (χ0n) is 9.69. The van der Waals surface area contributed by atoms with Crippen molar-refractivity contribution in [2.24, 2.45) is 0 Å². The fourth-order valence-corrected chi connectivity index (χ4v) is 2.13. The monoisotopic (exact) mass is 274 g/mol. The highest BCUT2D eigenvalue weighted by molar-refractivity contribution is 6.30. The molecule has 4 heteroatoms. The lowest BCUT2D eigenvalue weighted by Crippen LogP contribution is -1.98. The summed E-state index contributed by atoms with van der Waals surface area (Å²) >= 11 is 5.83. The van der Waals surface area contributed by atoms with E-state index in [4.69, 9.17) is 16.0 Å². The number of fused-ring (bicyclic) bond motifs is 1. The molecule has 2 nitrogen and oxygen atoms in total.